The van der Waals surface area contributed by atoms with E-state index in [-0.39, 0.29) is 11.9 Å². The lowest BCUT2D eigenvalue weighted by Gasteiger charge is -2.26. The van der Waals surface area contributed by atoms with E-state index in [1.165, 1.54) is 0 Å². The molecule has 1 unspecified atom stereocenters. The predicted octanol–water partition coefficient (Wildman–Crippen LogP) is 3.74. The number of hydrogen-bond donors (Lipinski definition) is 0. The topological polar surface area (TPSA) is 42.0 Å². The van der Waals surface area contributed by atoms with E-state index in [2.05, 4.69) is 17.0 Å². The number of likely N-dealkylation sites (tertiary alicyclic amines) is 1. The Morgan fingerprint density at radius 3 is 2.67 bits per heavy atom. The van der Waals surface area contributed by atoms with E-state index in [0.29, 0.717) is 0 Å². The lowest BCUT2D eigenvalue weighted by molar-refractivity contribution is 0.0827. The third-order valence-corrected chi connectivity index (χ3v) is 5.13. The highest BCUT2D eigenvalue weighted by molar-refractivity contribution is 5.94. The molecule has 0 aromatic heterocycles. The third kappa shape index (κ3) is 4.25. The van der Waals surface area contributed by atoms with Crippen LogP contribution in [0.15, 0.2) is 42.5 Å². The van der Waals surface area contributed by atoms with Crippen molar-refractivity contribution in [3.05, 3.63) is 59.2 Å². The molecule has 1 aliphatic rings. The van der Waals surface area contributed by atoms with Gasteiger partial charge in [0.25, 0.3) is 5.91 Å². The molecule has 1 aliphatic heterocycles. The van der Waals surface area contributed by atoms with Crippen molar-refractivity contribution < 1.29 is 14.3 Å². The molecule has 5 heteroatoms. The summed E-state index contributed by atoms with van der Waals surface area (Å²) in [6, 6.07) is 14.2. The van der Waals surface area contributed by atoms with Crippen LogP contribution in [-0.2, 0) is 6.54 Å². The number of hydrogen-bond acceptors (Lipinski definition) is 4. The van der Waals surface area contributed by atoms with Crippen LogP contribution >= 0.6 is 0 Å². The first kappa shape index (κ1) is 19.2. The first-order valence-electron chi connectivity index (χ1n) is 9.30. The highest BCUT2D eigenvalue weighted by Gasteiger charge is 2.29. The normalized spacial score (nSPS) is 17.0. The number of amides is 1. The zero-order valence-corrected chi connectivity index (χ0v) is 16.6. The largest absolute Gasteiger partial charge is 0.497 e. The summed E-state index contributed by atoms with van der Waals surface area (Å²) in [4.78, 5) is 16.3. The van der Waals surface area contributed by atoms with Gasteiger partial charge in [-0.1, -0.05) is 12.1 Å². The fourth-order valence-corrected chi connectivity index (χ4v) is 3.76. The molecule has 1 amide bonds. The van der Waals surface area contributed by atoms with Crippen LogP contribution in [0.25, 0.3) is 0 Å². The maximum atomic E-state index is 12.3. The van der Waals surface area contributed by atoms with Crippen molar-refractivity contribution in [3.8, 4) is 11.5 Å². The molecule has 0 bridgehead atoms. The minimum atomic E-state index is 0.0317. The molecule has 5 nitrogen and oxygen atoms in total. The average Bonchev–Trinajstić information content (AvgIpc) is 3.14. The van der Waals surface area contributed by atoms with E-state index in [9.17, 15) is 4.79 Å². The zero-order chi connectivity index (χ0) is 19.4. The molecular formula is C22H28N2O3. The number of carbonyl (C=O) groups excluding carboxylic acids is 1. The number of carbonyl (C=O) groups is 1. The van der Waals surface area contributed by atoms with E-state index in [0.717, 1.165) is 54.1 Å². The zero-order valence-electron chi connectivity index (χ0n) is 16.6. The first-order valence-corrected chi connectivity index (χ1v) is 9.30. The second-order valence-corrected chi connectivity index (χ2v) is 7.14. The molecule has 2 aromatic carbocycles. The Kier molecular flexibility index (Phi) is 6.01. The Morgan fingerprint density at radius 1 is 1.15 bits per heavy atom. The standard InChI is InChI=1S/C22H28N2O3/c1-23(2)22(25)17-8-5-7-16(13-17)15-24-12-6-9-20(24)19-14-18(26-3)10-11-21(19)27-4/h5,7-8,10-11,13-14,20H,6,9,12,15H2,1-4H3. The SMILES string of the molecule is COc1ccc(OC)c(C2CCCN2Cc2cccc(C(=O)N(C)C)c2)c1. The Bertz CT molecular complexity index is 804. The van der Waals surface area contributed by atoms with Gasteiger partial charge >= 0.3 is 0 Å². The summed E-state index contributed by atoms with van der Waals surface area (Å²) in [6.07, 6.45) is 2.22. The first-order chi connectivity index (χ1) is 13.0. The monoisotopic (exact) mass is 368 g/mol. The molecule has 0 aliphatic carbocycles. The van der Waals surface area contributed by atoms with Crippen molar-refractivity contribution in [2.75, 3.05) is 34.9 Å². The van der Waals surface area contributed by atoms with Gasteiger partial charge in [-0.2, -0.15) is 0 Å². The van der Waals surface area contributed by atoms with Crippen LogP contribution in [0.3, 0.4) is 0 Å². The van der Waals surface area contributed by atoms with Crippen molar-refractivity contribution in [2.24, 2.45) is 0 Å². The van der Waals surface area contributed by atoms with Gasteiger partial charge in [0, 0.05) is 37.8 Å². The number of ether oxygens (including phenoxy) is 2. The highest BCUT2D eigenvalue weighted by Crippen LogP contribution is 2.39. The second kappa shape index (κ2) is 8.44. The highest BCUT2D eigenvalue weighted by atomic mass is 16.5. The van der Waals surface area contributed by atoms with Crippen LogP contribution in [0.1, 0.15) is 40.4 Å². The summed E-state index contributed by atoms with van der Waals surface area (Å²) < 4.78 is 11.0. The molecule has 1 saturated heterocycles. The molecule has 1 atom stereocenters. The minimum absolute atomic E-state index is 0.0317. The van der Waals surface area contributed by atoms with Crippen LogP contribution in [0.4, 0.5) is 0 Å². The number of benzene rings is 2. The van der Waals surface area contributed by atoms with E-state index < -0.39 is 0 Å². The third-order valence-electron chi connectivity index (χ3n) is 5.13. The molecule has 0 spiro atoms. The molecule has 0 radical (unpaired) electrons. The summed E-state index contributed by atoms with van der Waals surface area (Å²) >= 11 is 0. The van der Waals surface area contributed by atoms with Crippen molar-refractivity contribution in [1.82, 2.24) is 9.80 Å². The molecule has 3 rings (SSSR count). The Morgan fingerprint density at radius 2 is 1.96 bits per heavy atom. The summed E-state index contributed by atoms with van der Waals surface area (Å²) in [5, 5.41) is 0. The molecule has 0 N–H and O–H groups in total. The number of methoxy groups -OCH3 is 2. The lowest BCUT2D eigenvalue weighted by Crippen LogP contribution is -2.24. The van der Waals surface area contributed by atoms with Gasteiger partial charge in [0.2, 0.25) is 0 Å². The number of nitrogens with zero attached hydrogens (tertiary/aromatic N) is 2. The quantitative estimate of drug-likeness (QED) is 0.779. The molecule has 1 heterocycles. The molecular weight excluding hydrogens is 340 g/mol. The average molecular weight is 368 g/mol. The number of rotatable bonds is 6. The fourth-order valence-electron chi connectivity index (χ4n) is 3.76. The summed E-state index contributed by atoms with van der Waals surface area (Å²) in [6.45, 7) is 1.83. The van der Waals surface area contributed by atoms with Gasteiger partial charge in [-0.05, 0) is 55.3 Å². The van der Waals surface area contributed by atoms with Gasteiger partial charge in [-0.25, -0.2) is 0 Å². The lowest BCUT2D eigenvalue weighted by atomic mass is 10.0. The van der Waals surface area contributed by atoms with Crippen LogP contribution < -0.4 is 9.47 Å². The van der Waals surface area contributed by atoms with Crippen molar-refractivity contribution in [1.29, 1.82) is 0 Å². The molecule has 27 heavy (non-hydrogen) atoms. The summed E-state index contributed by atoms with van der Waals surface area (Å²) in [5.74, 6) is 1.77. The van der Waals surface area contributed by atoms with Gasteiger partial charge in [-0.3, -0.25) is 9.69 Å². The van der Waals surface area contributed by atoms with Crippen LogP contribution in [-0.4, -0.2) is 50.6 Å². The van der Waals surface area contributed by atoms with Crippen molar-refractivity contribution in [3.63, 3.8) is 0 Å². The maximum Gasteiger partial charge on any atom is 0.253 e. The van der Waals surface area contributed by atoms with E-state index in [1.807, 2.05) is 30.3 Å². The van der Waals surface area contributed by atoms with Crippen LogP contribution in [0, 0.1) is 0 Å². The van der Waals surface area contributed by atoms with Gasteiger partial charge < -0.3 is 14.4 Å². The second-order valence-electron chi connectivity index (χ2n) is 7.14. The van der Waals surface area contributed by atoms with Crippen molar-refractivity contribution >= 4 is 5.91 Å². The van der Waals surface area contributed by atoms with E-state index in [1.54, 1.807) is 33.2 Å². The van der Waals surface area contributed by atoms with Crippen LogP contribution in [0.2, 0.25) is 0 Å². The van der Waals surface area contributed by atoms with E-state index >= 15 is 0 Å². The summed E-state index contributed by atoms with van der Waals surface area (Å²) in [7, 11) is 6.95. The molecule has 2 aromatic rings. The molecule has 0 saturated carbocycles. The van der Waals surface area contributed by atoms with E-state index in [4.69, 9.17) is 9.47 Å². The fraction of sp³-hybridized carbons (Fsp3) is 0.409. The van der Waals surface area contributed by atoms with Crippen molar-refractivity contribution in [2.45, 2.75) is 25.4 Å². The Hall–Kier alpha value is -2.53. The van der Waals surface area contributed by atoms with Gasteiger partial charge in [-0.15, -0.1) is 0 Å². The van der Waals surface area contributed by atoms with Gasteiger partial charge in [0.1, 0.15) is 11.5 Å². The smallest absolute Gasteiger partial charge is 0.253 e. The van der Waals surface area contributed by atoms with Gasteiger partial charge in [0.15, 0.2) is 0 Å². The minimum Gasteiger partial charge on any atom is -0.497 e. The Balaban J connectivity index is 1.84. The van der Waals surface area contributed by atoms with Gasteiger partial charge in [0.05, 0.1) is 14.2 Å². The maximum absolute atomic E-state index is 12.3. The van der Waals surface area contributed by atoms with Crippen LogP contribution in [0.5, 0.6) is 11.5 Å². The molecule has 144 valence electrons. The predicted molar refractivity (Wildman–Crippen MR) is 106 cm³/mol. The Labute approximate surface area is 161 Å². The summed E-state index contributed by atoms with van der Waals surface area (Å²) in [5.41, 5.74) is 3.04. The molecule has 1 fully saturated rings.